The minimum absolute atomic E-state index is 0.0462. The maximum Gasteiger partial charge on any atom is 0.252 e. The molecule has 0 radical (unpaired) electrons. The van der Waals surface area contributed by atoms with Crippen LogP contribution in [-0.4, -0.2) is 36.9 Å². The van der Waals surface area contributed by atoms with E-state index in [4.69, 9.17) is 11.5 Å². The van der Waals surface area contributed by atoms with Crippen molar-refractivity contribution in [2.45, 2.75) is 33.3 Å². The molecule has 8 aromatic rings. The normalized spacial score (nSPS) is 10.9. The van der Waals surface area contributed by atoms with E-state index < -0.39 is 11.8 Å². The Kier molecular flexibility index (Phi) is 10.9. The van der Waals surface area contributed by atoms with E-state index in [0.29, 0.717) is 33.8 Å². The van der Waals surface area contributed by atoms with Crippen LogP contribution in [0.4, 0.5) is 22.7 Å². The van der Waals surface area contributed by atoms with Crippen LogP contribution in [0.1, 0.15) is 51.3 Å². The lowest BCUT2D eigenvalue weighted by molar-refractivity contribution is 0.0992. The quantitative estimate of drug-likeness (QED) is 0.0690. The van der Waals surface area contributed by atoms with Gasteiger partial charge in [-0.3, -0.25) is 9.59 Å². The number of nitrogens with zero attached hydrogens (tertiary/aromatic N) is 2. The standard InChI is InChI=1S/C23H22N4O2.C22H20N4O/c1-2-16-15(13-28)9-6-10-19(16)26-21-17-11-20(14-7-4-3-5-8-14)27-23(17)25-12-18(21)22(24)29;1-2-14-8-6-7-11-18(14)25-20-16-12-19(15-9-4-3-5-10-15)26-22(16)24-13-17(20)21(23)27/h3-12,28H,2,13H2,1H3,(H2,24,29)(H2,25,26,27);3-13H,2H2,1H3,(H2,23,27)(H2,24,25,26). The third-order valence-electron chi connectivity index (χ3n) is 9.73. The highest BCUT2D eigenvalue weighted by molar-refractivity contribution is 6.09. The predicted octanol–water partition coefficient (Wildman–Crippen LogP) is 8.76. The van der Waals surface area contributed by atoms with Gasteiger partial charge in [0.15, 0.2) is 0 Å². The topological polar surface area (TPSA) is 188 Å². The van der Waals surface area contributed by atoms with Gasteiger partial charge in [0, 0.05) is 45.9 Å². The van der Waals surface area contributed by atoms with E-state index >= 15 is 0 Å². The van der Waals surface area contributed by atoms with Gasteiger partial charge in [0.1, 0.15) is 11.3 Å². The fourth-order valence-electron chi connectivity index (χ4n) is 6.88. The Hall–Kier alpha value is -7.24. The monoisotopic (exact) mass is 742 g/mol. The molecular weight excluding hydrogens is 701 g/mol. The van der Waals surface area contributed by atoms with Crippen molar-refractivity contribution in [1.29, 1.82) is 0 Å². The molecule has 0 aliphatic heterocycles. The lowest BCUT2D eigenvalue weighted by Gasteiger charge is -2.16. The number of nitrogens with one attached hydrogen (secondary N) is 4. The molecular formula is C45H42N8O3. The zero-order valence-corrected chi connectivity index (χ0v) is 31.1. The third-order valence-corrected chi connectivity index (χ3v) is 9.73. The highest BCUT2D eigenvalue weighted by atomic mass is 16.3. The fraction of sp³-hybridized carbons (Fsp3) is 0.111. The summed E-state index contributed by atoms with van der Waals surface area (Å²) in [6.07, 6.45) is 4.62. The molecule has 0 aliphatic rings. The van der Waals surface area contributed by atoms with Gasteiger partial charge in [0.05, 0.1) is 29.1 Å². The summed E-state index contributed by atoms with van der Waals surface area (Å²) in [5.74, 6) is -1.07. The summed E-state index contributed by atoms with van der Waals surface area (Å²) in [5, 5.41) is 18.1. The minimum atomic E-state index is -0.555. The highest BCUT2D eigenvalue weighted by Crippen LogP contribution is 2.35. The van der Waals surface area contributed by atoms with Crippen LogP contribution in [0.25, 0.3) is 44.6 Å². The average molecular weight is 743 g/mol. The van der Waals surface area contributed by atoms with E-state index in [0.717, 1.165) is 74.2 Å². The first-order valence-electron chi connectivity index (χ1n) is 18.4. The van der Waals surface area contributed by atoms with Gasteiger partial charge in [-0.15, -0.1) is 0 Å². The van der Waals surface area contributed by atoms with Crippen molar-refractivity contribution >= 4 is 56.6 Å². The van der Waals surface area contributed by atoms with Crippen LogP contribution in [0, 0.1) is 0 Å². The van der Waals surface area contributed by atoms with Crippen LogP contribution in [0.2, 0.25) is 0 Å². The molecule has 56 heavy (non-hydrogen) atoms. The molecule has 4 heterocycles. The van der Waals surface area contributed by atoms with E-state index in [1.54, 1.807) is 0 Å². The number of carbonyl (C=O) groups excluding carboxylic acids is 2. The second-order valence-corrected chi connectivity index (χ2v) is 13.2. The first-order valence-corrected chi connectivity index (χ1v) is 18.4. The Labute approximate surface area is 323 Å². The largest absolute Gasteiger partial charge is 0.392 e. The molecule has 2 amide bonds. The molecule has 280 valence electrons. The van der Waals surface area contributed by atoms with E-state index in [-0.39, 0.29) is 6.61 Å². The molecule has 0 saturated heterocycles. The Morgan fingerprint density at radius 2 is 1.07 bits per heavy atom. The van der Waals surface area contributed by atoms with E-state index in [9.17, 15) is 14.7 Å². The first-order chi connectivity index (χ1) is 27.3. The number of aromatic amines is 2. The molecule has 0 saturated carbocycles. The van der Waals surface area contributed by atoms with Gasteiger partial charge < -0.3 is 37.2 Å². The van der Waals surface area contributed by atoms with Crippen molar-refractivity contribution in [1.82, 2.24) is 19.9 Å². The second-order valence-electron chi connectivity index (χ2n) is 13.2. The molecule has 4 aromatic carbocycles. The summed E-state index contributed by atoms with van der Waals surface area (Å²) < 4.78 is 0. The van der Waals surface area contributed by atoms with Crippen molar-refractivity contribution in [3.8, 4) is 22.5 Å². The molecule has 0 unspecified atom stereocenters. The van der Waals surface area contributed by atoms with E-state index in [1.807, 2.05) is 116 Å². The first kappa shape index (κ1) is 37.1. The van der Waals surface area contributed by atoms with Crippen molar-refractivity contribution in [3.63, 3.8) is 0 Å². The molecule has 0 fully saturated rings. The molecule has 11 heteroatoms. The lowest BCUT2D eigenvalue weighted by atomic mass is 10.0. The van der Waals surface area contributed by atoms with Gasteiger partial charge in [-0.1, -0.05) is 105 Å². The molecule has 4 aromatic heterocycles. The number of benzene rings is 4. The number of nitrogens with two attached hydrogens (primary N) is 2. The third kappa shape index (κ3) is 7.57. The number of pyridine rings is 2. The SMILES string of the molecule is CCc1c(CO)cccc1Nc1c(C(N)=O)cnc2[nH]c(-c3ccccc3)cc12.CCc1ccccc1Nc1c(C(N)=O)cnc2[nH]c(-c3ccccc3)cc12. The zero-order chi connectivity index (χ0) is 39.2. The van der Waals surface area contributed by atoms with Crippen LogP contribution in [0.3, 0.4) is 0 Å². The number of aromatic nitrogens is 4. The number of aryl methyl sites for hydroxylation is 1. The molecule has 0 spiro atoms. The fourth-order valence-corrected chi connectivity index (χ4v) is 6.88. The molecule has 8 rings (SSSR count). The Bertz CT molecular complexity index is 2670. The number of aliphatic hydroxyl groups excluding tert-OH is 1. The van der Waals surface area contributed by atoms with E-state index in [2.05, 4.69) is 43.6 Å². The number of H-pyrrole nitrogens is 2. The van der Waals surface area contributed by atoms with Crippen LogP contribution in [0.15, 0.2) is 128 Å². The number of carbonyl (C=O) groups is 2. The Morgan fingerprint density at radius 1 is 0.607 bits per heavy atom. The van der Waals surface area contributed by atoms with Gasteiger partial charge in [0.25, 0.3) is 11.8 Å². The van der Waals surface area contributed by atoms with Crippen molar-refractivity contribution in [3.05, 3.63) is 155 Å². The maximum atomic E-state index is 12.1. The van der Waals surface area contributed by atoms with Crippen molar-refractivity contribution < 1.29 is 14.7 Å². The summed E-state index contributed by atoms with van der Waals surface area (Å²) in [5.41, 5.74) is 23.3. The van der Waals surface area contributed by atoms with Crippen molar-refractivity contribution in [2.24, 2.45) is 11.5 Å². The number of para-hydroxylation sites is 1. The second kappa shape index (κ2) is 16.4. The van der Waals surface area contributed by atoms with Gasteiger partial charge in [0.2, 0.25) is 0 Å². The summed E-state index contributed by atoms with van der Waals surface area (Å²) in [6, 6.07) is 37.6. The highest BCUT2D eigenvalue weighted by Gasteiger charge is 2.19. The Balaban J connectivity index is 0.000000172. The smallest absolute Gasteiger partial charge is 0.252 e. The van der Waals surface area contributed by atoms with Crippen molar-refractivity contribution in [2.75, 3.05) is 10.6 Å². The van der Waals surface area contributed by atoms with Crippen LogP contribution in [0.5, 0.6) is 0 Å². The summed E-state index contributed by atoms with van der Waals surface area (Å²) in [6.45, 7) is 4.08. The summed E-state index contributed by atoms with van der Waals surface area (Å²) >= 11 is 0. The number of hydrogen-bond acceptors (Lipinski definition) is 7. The van der Waals surface area contributed by atoms with Gasteiger partial charge in [-0.05, 0) is 64.9 Å². The van der Waals surface area contributed by atoms with Crippen LogP contribution in [-0.2, 0) is 19.4 Å². The maximum absolute atomic E-state index is 12.1. The number of primary amides is 2. The molecule has 0 aliphatic carbocycles. The zero-order valence-electron chi connectivity index (χ0n) is 31.1. The molecule has 0 bridgehead atoms. The molecule has 0 atom stereocenters. The number of anilines is 4. The summed E-state index contributed by atoms with van der Waals surface area (Å²) in [4.78, 5) is 39.6. The number of hydrogen-bond donors (Lipinski definition) is 7. The van der Waals surface area contributed by atoms with E-state index in [1.165, 1.54) is 12.4 Å². The predicted molar refractivity (Wildman–Crippen MR) is 224 cm³/mol. The number of amides is 2. The van der Waals surface area contributed by atoms with Crippen LogP contribution >= 0.6 is 0 Å². The lowest BCUT2D eigenvalue weighted by Crippen LogP contribution is -2.14. The number of aliphatic hydroxyl groups is 1. The molecule has 11 nitrogen and oxygen atoms in total. The van der Waals surface area contributed by atoms with Crippen LogP contribution < -0.4 is 22.1 Å². The average Bonchev–Trinajstić information content (AvgIpc) is 3.88. The minimum Gasteiger partial charge on any atom is -0.392 e. The van der Waals surface area contributed by atoms with Gasteiger partial charge in [-0.2, -0.15) is 0 Å². The summed E-state index contributed by atoms with van der Waals surface area (Å²) in [7, 11) is 0. The molecule has 9 N–H and O–H groups in total. The van der Waals surface area contributed by atoms with Gasteiger partial charge in [-0.25, -0.2) is 9.97 Å². The number of rotatable bonds is 11. The van der Waals surface area contributed by atoms with Gasteiger partial charge >= 0.3 is 0 Å². The Morgan fingerprint density at radius 3 is 1.55 bits per heavy atom. The number of fused-ring (bicyclic) bond motifs is 2.